The van der Waals surface area contributed by atoms with Crippen LogP contribution in [0.25, 0.3) is 0 Å². The summed E-state index contributed by atoms with van der Waals surface area (Å²) in [5.41, 5.74) is 0. The smallest absolute Gasteiger partial charge is 0.303 e. The van der Waals surface area contributed by atoms with Crippen LogP contribution in [0.3, 0.4) is 0 Å². The van der Waals surface area contributed by atoms with Crippen LogP contribution in [0.15, 0.2) is 0 Å². The van der Waals surface area contributed by atoms with Crippen LogP contribution in [0.1, 0.15) is 27.2 Å². The van der Waals surface area contributed by atoms with Crippen molar-refractivity contribution >= 4 is 17.8 Å². The Morgan fingerprint density at radius 3 is 2.43 bits per heavy atom. The standard InChI is InChI=1S/C9H13NO4/c1-5(2)10-8(12)4-7(9(10)13)14-6(3)11/h5,7H,4H2,1-3H3/t7-/m0/s1. The molecule has 0 unspecified atom stereocenters. The van der Waals surface area contributed by atoms with E-state index in [1.165, 1.54) is 6.92 Å². The molecule has 1 aliphatic rings. The molecule has 1 fully saturated rings. The molecule has 0 aromatic carbocycles. The summed E-state index contributed by atoms with van der Waals surface area (Å²) in [5.74, 6) is -1.24. The van der Waals surface area contributed by atoms with Crippen LogP contribution in [0.4, 0.5) is 0 Å². The molecule has 2 amide bonds. The summed E-state index contributed by atoms with van der Waals surface area (Å²) in [6.07, 6.45) is -0.946. The normalized spacial score (nSPS) is 22.0. The van der Waals surface area contributed by atoms with E-state index in [1.807, 2.05) is 0 Å². The Morgan fingerprint density at radius 1 is 1.50 bits per heavy atom. The van der Waals surface area contributed by atoms with Gasteiger partial charge in [0, 0.05) is 13.0 Å². The first-order valence-electron chi connectivity index (χ1n) is 4.46. The second-order valence-electron chi connectivity index (χ2n) is 3.50. The largest absolute Gasteiger partial charge is 0.452 e. The Hall–Kier alpha value is -1.39. The lowest BCUT2D eigenvalue weighted by Gasteiger charge is -2.18. The molecule has 0 spiro atoms. The number of carbonyl (C=O) groups excluding carboxylic acids is 3. The zero-order valence-electron chi connectivity index (χ0n) is 8.44. The Kier molecular flexibility index (Phi) is 2.88. The first kappa shape index (κ1) is 10.7. The number of hydrogen-bond acceptors (Lipinski definition) is 4. The quantitative estimate of drug-likeness (QED) is 0.467. The van der Waals surface area contributed by atoms with Crippen LogP contribution in [0.2, 0.25) is 0 Å². The summed E-state index contributed by atoms with van der Waals surface area (Å²) in [4.78, 5) is 34.6. The number of hydrogen-bond donors (Lipinski definition) is 0. The van der Waals surface area contributed by atoms with Gasteiger partial charge in [-0.25, -0.2) is 0 Å². The highest BCUT2D eigenvalue weighted by Gasteiger charge is 2.41. The molecule has 1 heterocycles. The molecule has 1 atom stereocenters. The summed E-state index contributed by atoms with van der Waals surface area (Å²) >= 11 is 0. The minimum atomic E-state index is -0.914. The molecule has 1 saturated heterocycles. The van der Waals surface area contributed by atoms with Gasteiger partial charge in [-0.1, -0.05) is 0 Å². The van der Waals surface area contributed by atoms with Gasteiger partial charge in [-0.2, -0.15) is 0 Å². The van der Waals surface area contributed by atoms with Gasteiger partial charge < -0.3 is 4.74 Å². The van der Waals surface area contributed by atoms with E-state index in [-0.39, 0.29) is 18.4 Å². The van der Waals surface area contributed by atoms with Gasteiger partial charge in [0.25, 0.3) is 5.91 Å². The van der Waals surface area contributed by atoms with E-state index >= 15 is 0 Å². The molecule has 0 aromatic heterocycles. The molecule has 78 valence electrons. The van der Waals surface area contributed by atoms with Crippen molar-refractivity contribution in [2.45, 2.75) is 39.3 Å². The zero-order chi connectivity index (χ0) is 10.9. The molecule has 5 heteroatoms. The van der Waals surface area contributed by atoms with Gasteiger partial charge in [-0.3, -0.25) is 19.3 Å². The minimum absolute atomic E-state index is 0.0312. The van der Waals surface area contributed by atoms with E-state index in [1.54, 1.807) is 13.8 Å². The Morgan fingerprint density at radius 2 is 2.07 bits per heavy atom. The molecule has 0 aromatic rings. The third-order valence-corrected chi connectivity index (χ3v) is 1.97. The van der Waals surface area contributed by atoms with E-state index in [0.717, 1.165) is 4.90 Å². The van der Waals surface area contributed by atoms with E-state index in [0.29, 0.717) is 0 Å². The fraction of sp³-hybridized carbons (Fsp3) is 0.667. The van der Waals surface area contributed by atoms with Crippen molar-refractivity contribution in [2.24, 2.45) is 0 Å². The van der Waals surface area contributed by atoms with Gasteiger partial charge in [0.2, 0.25) is 5.91 Å². The first-order valence-corrected chi connectivity index (χ1v) is 4.46. The van der Waals surface area contributed by atoms with Gasteiger partial charge >= 0.3 is 5.97 Å². The van der Waals surface area contributed by atoms with Gasteiger partial charge in [0.1, 0.15) is 0 Å². The molecule has 0 aliphatic carbocycles. The maximum atomic E-state index is 11.5. The van der Waals surface area contributed by atoms with Crippen LogP contribution in [0.5, 0.6) is 0 Å². The highest BCUT2D eigenvalue weighted by molar-refractivity contribution is 6.05. The van der Waals surface area contributed by atoms with Crippen LogP contribution in [-0.4, -0.2) is 34.8 Å². The van der Waals surface area contributed by atoms with Gasteiger partial charge in [-0.05, 0) is 13.8 Å². The lowest BCUT2D eigenvalue weighted by molar-refractivity contribution is -0.155. The number of imide groups is 1. The average Bonchev–Trinajstić information content (AvgIpc) is 2.25. The van der Waals surface area contributed by atoms with Gasteiger partial charge in [0.05, 0.1) is 6.42 Å². The highest BCUT2D eigenvalue weighted by Crippen LogP contribution is 2.18. The fourth-order valence-corrected chi connectivity index (χ4v) is 1.46. The number of ether oxygens (including phenoxy) is 1. The lowest BCUT2D eigenvalue weighted by Crippen LogP contribution is -2.38. The van der Waals surface area contributed by atoms with Crippen molar-refractivity contribution in [3.63, 3.8) is 0 Å². The van der Waals surface area contributed by atoms with E-state index < -0.39 is 18.0 Å². The molecular weight excluding hydrogens is 186 g/mol. The SMILES string of the molecule is CC(=O)O[C@H]1CC(=O)N(C(C)C)C1=O. The van der Waals surface area contributed by atoms with Crippen molar-refractivity contribution in [3.8, 4) is 0 Å². The van der Waals surface area contributed by atoms with Gasteiger partial charge in [-0.15, -0.1) is 0 Å². The number of amides is 2. The minimum Gasteiger partial charge on any atom is -0.452 e. The summed E-state index contributed by atoms with van der Waals surface area (Å²) in [7, 11) is 0. The number of esters is 1. The lowest BCUT2D eigenvalue weighted by atomic mass is 10.3. The van der Waals surface area contributed by atoms with Crippen molar-refractivity contribution < 1.29 is 19.1 Å². The van der Waals surface area contributed by atoms with Crippen molar-refractivity contribution in [3.05, 3.63) is 0 Å². The van der Waals surface area contributed by atoms with Gasteiger partial charge in [0.15, 0.2) is 6.10 Å². The maximum absolute atomic E-state index is 11.5. The Labute approximate surface area is 82.0 Å². The summed E-state index contributed by atoms with van der Waals surface area (Å²) < 4.78 is 4.72. The van der Waals surface area contributed by atoms with E-state index in [4.69, 9.17) is 4.74 Å². The van der Waals surface area contributed by atoms with E-state index in [2.05, 4.69) is 0 Å². The highest BCUT2D eigenvalue weighted by atomic mass is 16.5. The van der Waals surface area contributed by atoms with E-state index in [9.17, 15) is 14.4 Å². The average molecular weight is 199 g/mol. The third kappa shape index (κ3) is 1.92. The molecule has 14 heavy (non-hydrogen) atoms. The molecule has 1 rings (SSSR count). The second-order valence-corrected chi connectivity index (χ2v) is 3.50. The summed E-state index contributed by atoms with van der Waals surface area (Å²) in [6, 6.07) is -0.185. The van der Waals surface area contributed by atoms with Crippen molar-refractivity contribution in [2.75, 3.05) is 0 Å². The van der Waals surface area contributed by atoms with Crippen molar-refractivity contribution in [1.29, 1.82) is 0 Å². The molecule has 0 radical (unpaired) electrons. The van der Waals surface area contributed by atoms with Crippen LogP contribution in [0, 0.1) is 0 Å². The van der Waals surface area contributed by atoms with Crippen LogP contribution < -0.4 is 0 Å². The first-order chi connectivity index (χ1) is 6.43. The number of carbonyl (C=O) groups is 3. The predicted molar refractivity (Wildman–Crippen MR) is 47.2 cm³/mol. The van der Waals surface area contributed by atoms with Crippen LogP contribution >= 0.6 is 0 Å². The second kappa shape index (κ2) is 3.77. The maximum Gasteiger partial charge on any atom is 0.303 e. The molecule has 1 aliphatic heterocycles. The summed E-state index contributed by atoms with van der Waals surface area (Å²) in [6.45, 7) is 4.70. The molecule has 5 nitrogen and oxygen atoms in total. The molecular formula is C9H13NO4. The molecule has 0 N–H and O–H groups in total. The third-order valence-electron chi connectivity index (χ3n) is 1.97. The topological polar surface area (TPSA) is 63.7 Å². The number of rotatable bonds is 2. The Bertz CT molecular complexity index is 285. The molecule has 0 saturated carbocycles. The number of likely N-dealkylation sites (tertiary alicyclic amines) is 1. The molecule has 0 bridgehead atoms. The Balaban J connectivity index is 2.74. The zero-order valence-corrected chi connectivity index (χ0v) is 8.44. The number of nitrogens with zero attached hydrogens (tertiary/aromatic N) is 1. The monoisotopic (exact) mass is 199 g/mol. The predicted octanol–water partition coefficient (Wildman–Crippen LogP) is 0.0854. The van der Waals surface area contributed by atoms with Crippen LogP contribution in [-0.2, 0) is 19.1 Å². The fourth-order valence-electron chi connectivity index (χ4n) is 1.46. The van der Waals surface area contributed by atoms with Crippen molar-refractivity contribution in [1.82, 2.24) is 4.90 Å². The summed E-state index contributed by atoms with van der Waals surface area (Å²) in [5, 5.41) is 0.